The lowest BCUT2D eigenvalue weighted by molar-refractivity contribution is -0.116. The third kappa shape index (κ3) is 4.44. The predicted octanol–water partition coefficient (Wildman–Crippen LogP) is 5.01. The number of thiazole rings is 1. The molecule has 1 aromatic heterocycles. The summed E-state index contributed by atoms with van der Waals surface area (Å²) in [6.07, 6.45) is 3.56. The Morgan fingerprint density at radius 3 is 3.04 bits per heavy atom. The third-order valence-corrected chi connectivity index (χ3v) is 4.98. The van der Waals surface area contributed by atoms with E-state index in [0.29, 0.717) is 21.6 Å². The van der Waals surface area contributed by atoms with Gasteiger partial charge in [0.15, 0.2) is 5.13 Å². The van der Waals surface area contributed by atoms with E-state index >= 15 is 0 Å². The van der Waals surface area contributed by atoms with Gasteiger partial charge in [0.1, 0.15) is 0 Å². The highest BCUT2D eigenvalue weighted by Crippen LogP contribution is 2.32. The van der Waals surface area contributed by atoms with Gasteiger partial charge in [-0.1, -0.05) is 23.2 Å². The number of anilines is 1. The van der Waals surface area contributed by atoms with Crippen LogP contribution in [0.1, 0.15) is 25.7 Å². The first-order chi connectivity index (χ1) is 11.1. The van der Waals surface area contributed by atoms with Crippen molar-refractivity contribution in [3.63, 3.8) is 0 Å². The van der Waals surface area contributed by atoms with Crippen LogP contribution < -0.4 is 5.32 Å². The smallest absolute Gasteiger partial charge is 0.226 e. The van der Waals surface area contributed by atoms with Crippen molar-refractivity contribution in [1.82, 2.24) is 4.98 Å². The summed E-state index contributed by atoms with van der Waals surface area (Å²) in [5, 5.41) is 6.39. The Labute approximate surface area is 148 Å². The summed E-state index contributed by atoms with van der Waals surface area (Å²) in [6.45, 7) is 0.810. The van der Waals surface area contributed by atoms with Crippen molar-refractivity contribution in [3.05, 3.63) is 33.6 Å². The molecule has 1 unspecified atom stereocenters. The molecule has 1 N–H and O–H groups in total. The lowest BCUT2D eigenvalue weighted by atomic mass is 10.1. The Balaban J connectivity index is 1.59. The summed E-state index contributed by atoms with van der Waals surface area (Å²) < 4.78 is 5.52. The van der Waals surface area contributed by atoms with Crippen molar-refractivity contribution in [2.45, 2.75) is 31.8 Å². The molecule has 1 aliphatic heterocycles. The van der Waals surface area contributed by atoms with Crippen LogP contribution in [-0.2, 0) is 9.53 Å². The molecule has 122 valence electrons. The van der Waals surface area contributed by atoms with Crippen LogP contribution in [0, 0.1) is 0 Å². The van der Waals surface area contributed by atoms with E-state index in [1.807, 2.05) is 11.4 Å². The number of ether oxygens (including phenoxy) is 1. The second kappa shape index (κ2) is 7.62. The van der Waals surface area contributed by atoms with Crippen LogP contribution in [0.25, 0.3) is 11.3 Å². The highest BCUT2D eigenvalue weighted by atomic mass is 35.5. The van der Waals surface area contributed by atoms with Crippen molar-refractivity contribution in [2.75, 3.05) is 11.9 Å². The van der Waals surface area contributed by atoms with E-state index in [-0.39, 0.29) is 12.0 Å². The van der Waals surface area contributed by atoms with Gasteiger partial charge in [0.2, 0.25) is 5.91 Å². The fourth-order valence-electron chi connectivity index (χ4n) is 2.50. The van der Waals surface area contributed by atoms with Gasteiger partial charge >= 0.3 is 0 Å². The Morgan fingerprint density at radius 2 is 2.30 bits per heavy atom. The monoisotopic (exact) mass is 370 g/mol. The number of carbonyl (C=O) groups is 1. The zero-order chi connectivity index (χ0) is 16.2. The summed E-state index contributed by atoms with van der Waals surface area (Å²) in [7, 11) is 0. The largest absolute Gasteiger partial charge is 0.378 e. The highest BCUT2D eigenvalue weighted by Gasteiger charge is 2.17. The highest BCUT2D eigenvalue weighted by molar-refractivity contribution is 7.14. The van der Waals surface area contributed by atoms with E-state index in [9.17, 15) is 4.79 Å². The standard InChI is InChI=1S/C16H16Cl2N2O2S/c17-10-3-5-12(13(18)8-10)14-9-23-16(19-14)20-15(21)6-4-11-2-1-7-22-11/h3,5,8-9,11H,1-2,4,6-7H2,(H,19,20,21). The first kappa shape index (κ1) is 16.7. The zero-order valence-corrected chi connectivity index (χ0v) is 14.7. The van der Waals surface area contributed by atoms with Gasteiger partial charge < -0.3 is 10.1 Å². The lowest BCUT2D eigenvalue weighted by Crippen LogP contribution is -2.15. The molecule has 23 heavy (non-hydrogen) atoms. The topological polar surface area (TPSA) is 51.2 Å². The Bertz CT molecular complexity index is 699. The van der Waals surface area contributed by atoms with Gasteiger partial charge in [0, 0.05) is 29.0 Å². The Morgan fingerprint density at radius 1 is 1.43 bits per heavy atom. The molecule has 7 heteroatoms. The van der Waals surface area contributed by atoms with Crippen molar-refractivity contribution < 1.29 is 9.53 Å². The van der Waals surface area contributed by atoms with Crippen LogP contribution in [0.4, 0.5) is 5.13 Å². The number of nitrogens with one attached hydrogen (secondary N) is 1. The number of amides is 1. The SMILES string of the molecule is O=C(CCC1CCCO1)Nc1nc(-c2ccc(Cl)cc2Cl)cs1. The zero-order valence-electron chi connectivity index (χ0n) is 12.4. The second-order valence-corrected chi connectivity index (χ2v) is 7.09. The quantitative estimate of drug-likeness (QED) is 0.803. The number of nitrogens with zero attached hydrogens (tertiary/aromatic N) is 1. The van der Waals surface area contributed by atoms with Gasteiger partial charge in [0.25, 0.3) is 0 Å². The Hall–Kier alpha value is -1.14. The van der Waals surface area contributed by atoms with E-state index in [4.69, 9.17) is 27.9 Å². The van der Waals surface area contributed by atoms with E-state index < -0.39 is 0 Å². The maximum Gasteiger partial charge on any atom is 0.226 e. The van der Waals surface area contributed by atoms with Gasteiger partial charge in [-0.2, -0.15) is 0 Å². The Kier molecular flexibility index (Phi) is 5.54. The minimum Gasteiger partial charge on any atom is -0.378 e. The number of aromatic nitrogens is 1. The molecule has 1 atom stereocenters. The van der Waals surface area contributed by atoms with Gasteiger partial charge in [0.05, 0.1) is 16.8 Å². The molecule has 0 saturated carbocycles. The average Bonchev–Trinajstić information content (AvgIpc) is 3.17. The molecule has 4 nitrogen and oxygen atoms in total. The van der Waals surface area contributed by atoms with Gasteiger partial charge in [-0.25, -0.2) is 4.98 Å². The first-order valence-corrected chi connectivity index (χ1v) is 9.08. The summed E-state index contributed by atoms with van der Waals surface area (Å²) in [5.41, 5.74) is 1.53. The number of halogens is 2. The van der Waals surface area contributed by atoms with Crippen LogP contribution in [-0.4, -0.2) is 23.6 Å². The first-order valence-electron chi connectivity index (χ1n) is 7.44. The predicted molar refractivity (Wildman–Crippen MR) is 94.4 cm³/mol. The maximum atomic E-state index is 12.0. The van der Waals surface area contributed by atoms with Crippen LogP contribution in [0.5, 0.6) is 0 Å². The van der Waals surface area contributed by atoms with Gasteiger partial charge in [-0.3, -0.25) is 4.79 Å². The van der Waals surface area contributed by atoms with Crippen molar-refractivity contribution in [2.24, 2.45) is 0 Å². The molecule has 1 amide bonds. The molecule has 0 bridgehead atoms. The van der Waals surface area contributed by atoms with Crippen LogP contribution in [0.15, 0.2) is 23.6 Å². The van der Waals surface area contributed by atoms with Crippen LogP contribution >= 0.6 is 34.5 Å². The number of hydrogen-bond acceptors (Lipinski definition) is 4. The summed E-state index contributed by atoms with van der Waals surface area (Å²) >= 11 is 13.5. The number of carbonyl (C=O) groups excluding carboxylic acids is 1. The molecule has 1 saturated heterocycles. The number of hydrogen-bond donors (Lipinski definition) is 1. The van der Waals surface area contributed by atoms with E-state index in [2.05, 4.69) is 10.3 Å². The molecule has 0 spiro atoms. The second-order valence-electron chi connectivity index (χ2n) is 5.38. The molecular weight excluding hydrogens is 355 g/mol. The molecular formula is C16H16Cl2N2O2S. The fraction of sp³-hybridized carbons (Fsp3) is 0.375. The molecule has 3 rings (SSSR count). The van der Waals surface area contributed by atoms with Crippen LogP contribution in [0.2, 0.25) is 10.0 Å². The van der Waals surface area contributed by atoms with Crippen LogP contribution in [0.3, 0.4) is 0 Å². The minimum atomic E-state index is -0.0383. The molecule has 1 aliphatic rings. The molecule has 0 radical (unpaired) electrons. The maximum absolute atomic E-state index is 12.0. The van der Waals surface area contributed by atoms with E-state index in [1.165, 1.54) is 11.3 Å². The number of rotatable bonds is 5. The molecule has 1 fully saturated rings. The van der Waals surface area contributed by atoms with E-state index in [1.54, 1.807) is 12.1 Å². The third-order valence-electron chi connectivity index (χ3n) is 3.67. The summed E-state index contributed by atoms with van der Waals surface area (Å²) in [6, 6.07) is 5.27. The summed E-state index contributed by atoms with van der Waals surface area (Å²) in [5.74, 6) is -0.0383. The molecule has 0 aliphatic carbocycles. The normalized spacial score (nSPS) is 17.4. The molecule has 2 heterocycles. The van der Waals surface area contributed by atoms with Crippen molar-refractivity contribution in [1.29, 1.82) is 0 Å². The van der Waals surface area contributed by atoms with E-state index in [0.717, 1.165) is 37.1 Å². The summed E-state index contributed by atoms with van der Waals surface area (Å²) in [4.78, 5) is 16.4. The van der Waals surface area contributed by atoms with Gasteiger partial charge in [-0.05, 0) is 37.5 Å². The fourth-order valence-corrected chi connectivity index (χ4v) is 3.73. The van der Waals surface area contributed by atoms with Gasteiger partial charge in [-0.15, -0.1) is 11.3 Å². The number of benzene rings is 1. The molecule has 2 aromatic rings. The van der Waals surface area contributed by atoms with Crippen molar-refractivity contribution in [3.8, 4) is 11.3 Å². The minimum absolute atomic E-state index is 0.0383. The lowest BCUT2D eigenvalue weighted by Gasteiger charge is -2.08. The average molecular weight is 371 g/mol. The molecule has 1 aromatic carbocycles. The van der Waals surface area contributed by atoms with Crippen molar-refractivity contribution >= 4 is 45.6 Å².